The second-order valence-corrected chi connectivity index (χ2v) is 7.96. The summed E-state index contributed by atoms with van der Waals surface area (Å²) in [6.45, 7) is 0. The number of thioether (sulfide) groups is 1. The molecule has 0 amide bonds. The van der Waals surface area contributed by atoms with Gasteiger partial charge in [-0.3, -0.25) is 9.36 Å². The van der Waals surface area contributed by atoms with Crippen LogP contribution in [-0.4, -0.2) is 26.3 Å². The van der Waals surface area contributed by atoms with Crippen LogP contribution in [0.5, 0.6) is 0 Å². The predicted octanol–water partition coefficient (Wildman–Crippen LogP) is 6.22. The molecule has 0 bridgehead atoms. The number of carbonyl (C=O) groups excluding carboxylic acids is 1. The van der Waals surface area contributed by atoms with Crippen LogP contribution in [0.2, 0.25) is 10.0 Å². The molecule has 0 fully saturated rings. The van der Waals surface area contributed by atoms with Crippen molar-refractivity contribution in [2.75, 3.05) is 5.75 Å². The molecule has 0 saturated heterocycles. The number of hydrogen-bond donors (Lipinski definition) is 0. The summed E-state index contributed by atoms with van der Waals surface area (Å²) in [5.41, 5.74) is 2.29. The van der Waals surface area contributed by atoms with Gasteiger partial charge in [-0.25, -0.2) is 0 Å². The van der Waals surface area contributed by atoms with Crippen molar-refractivity contribution in [1.29, 1.82) is 0 Å². The second-order valence-electron chi connectivity index (χ2n) is 6.18. The van der Waals surface area contributed by atoms with E-state index in [9.17, 15) is 4.79 Å². The van der Waals surface area contributed by atoms with Crippen LogP contribution in [0.1, 0.15) is 10.4 Å². The van der Waals surface area contributed by atoms with Gasteiger partial charge in [0, 0.05) is 21.8 Å². The van der Waals surface area contributed by atoms with Gasteiger partial charge in [0.25, 0.3) is 0 Å². The summed E-state index contributed by atoms with van der Waals surface area (Å²) in [4.78, 5) is 12.6. The number of rotatable bonds is 6. The van der Waals surface area contributed by atoms with Gasteiger partial charge < -0.3 is 0 Å². The van der Waals surface area contributed by atoms with Crippen molar-refractivity contribution in [3.05, 3.63) is 94.5 Å². The molecule has 3 aromatic carbocycles. The van der Waals surface area contributed by atoms with Crippen molar-refractivity contribution in [3.8, 4) is 17.1 Å². The van der Waals surface area contributed by atoms with Gasteiger partial charge in [0.2, 0.25) is 0 Å². The van der Waals surface area contributed by atoms with Crippen LogP contribution in [0, 0.1) is 0 Å². The highest BCUT2D eigenvalue weighted by Gasteiger charge is 2.19. The number of nitrogens with zero attached hydrogens (tertiary/aromatic N) is 3. The summed E-state index contributed by atoms with van der Waals surface area (Å²) in [6.07, 6.45) is 0. The number of Topliss-reactive ketones (excluding diaryl/α,β-unsaturated/α-hetero) is 1. The van der Waals surface area contributed by atoms with E-state index in [1.54, 1.807) is 24.3 Å². The van der Waals surface area contributed by atoms with E-state index in [0.717, 1.165) is 11.3 Å². The minimum absolute atomic E-state index is 0.00595. The quantitative estimate of drug-likeness (QED) is 0.264. The minimum atomic E-state index is -0.00595. The molecular formula is C22H15Cl2N3OS. The van der Waals surface area contributed by atoms with Crippen LogP contribution in [0.4, 0.5) is 0 Å². The second kappa shape index (κ2) is 8.82. The van der Waals surface area contributed by atoms with E-state index in [-0.39, 0.29) is 11.5 Å². The number of benzene rings is 3. The topological polar surface area (TPSA) is 47.8 Å². The Labute approximate surface area is 182 Å². The highest BCUT2D eigenvalue weighted by Crippen LogP contribution is 2.32. The first kappa shape index (κ1) is 19.7. The summed E-state index contributed by atoms with van der Waals surface area (Å²) in [7, 11) is 0. The van der Waals surface area contributed by atoms with Crippen molar-refractivity contribution < 1.29 is 4.79 Å². The summed E-state index contributed by atoms with van der Waals surface area (Å²) in [6, 6.07) is 24.1. The molecule has 0 aliphatic heterocycles. The zero-order valence-electron chi connectivity index (χ0n) is 15.1. The fourth-order valence-corrected chi connectivity index (χ4v) is 4.03. The number of halogens is 2. The highest BCUT2D eigenvalue weighted by atomic mass is 35.5. The predicted molar refractivity (Wildman–Crippen MR) is 118 cm³/mol. The van der Waals surface area contributed by atoms with E-state index >= 15 is 0 Å². The fourth-order valence-electron chi connectivity index (χ4n) is 2.84. The van der Waals surface area contributed by atoms with Gasteiger partial charge in [-0.2, -0.15) is 0 Å². The van der Waals surface area contributed by atoms with Gasteiger partial charge in [-0.05, 0) is 48.5 Å². The molecule has 0 atom stereocenters. The van der Waals surface area contributed by atoms with Crippen molar-refractivity contribution >= 4 is 40.7 Å². The van der Waals surface area contributed by atoms with Gasteiger partial charge in [0.05, 0.1) is 10.8 Å². The molecular weight excluding hydrogens is 425 g/mol. The highest BCUT2D eigenvalue weighted by molar-refractivity contribution is 7.99. The maximum absolute atomic E-state index is 12.6. The monoisotopic (exact) mass is 439 g/mol. The smallest absolute Gasteiger partial charge is 0.196 e. The Kier molecular flexibility index (Phi) is 6.00. The number of para-hydroxylation sites is 1. The van der Waals surface area contributed by atoms with Crippen molar-refractivity contribution in [1.82, 2.24) is 14.8 Å². The molecule has 144 valence electrons. The molecule has 7 heteroatoms. The molecule has 1 aromatic heterocycles. The number of ketones is 1. The first-order chi connectivity index (χ1) is 14.1. The molecule has 1 heterocycles. The summed E-state index contributed by atoms with van der Waals surface area (Å²) in [5, 5.41) is 10.5. The summed E-state index contributed by atoms with van der Waals surface area (Å²) >= 11 is 13.6. The third kappa shape index (κ3) is 4.37. The van der Waals surface area contributed by atoms with Crippen molar-refractivity contribution in [2.45, 2.75) is 5.16 Å². The molecule has 4 aromatic rings. The van der Waals surface area contributed by atoms with Crippen LogP contribution in [0.25, 0.3) is 17.1 Å². The van der Waals surface area contributed by atoms with Crippen molar-refractivity contribution in [3.63, 3.8) is 0 Å². The van der Waals surface area contributed by atoms with E-state index in [4.69, 9.17) is 23.2 Å². The largest absolute Gasteiger partial charge is 0.293 e. The Morgan fingerprint density at radius 1 is 0.862 bits per heavy atom. The van der Waals surface area contributed by atoms with Gasteiger partial charge >= 0.3 is 0 Å². The zero-order chi connectivity index (χ0) is 20.2. The van der Waals surface area contributed by atoms with Gasteiger partial charge in [0.1, 0.15) is 0 Å². The van der Waals surface area contributed by atoms with E-state index in [2.05, 4.69) is 10.2 Å². The molecule has 4 rings (SSSR count). The molecule has 0 spiro atoms. The Morgan fingerprint density at radius 2 is 1.55 bits per heavy atom. The average Bonchev–Trinajstić information content (AvgIpc) is 3.17. The lowest BCUT2D eigenvalue weighted by atomic mass is 10.1. The maximum Gasteiger partial charge on any atom is 0.196 e. The normalized spacial score (nSPS) is 10.8. The molecule has 4 nitrogen and oxygen atoms in total. The molecule has 0 aliphatic carbocycles. The molecule has 0 aliphatic rings. The summed E-state index contributed by atoms with van der Waals surface area (Å²) in [5.74, 6) is 0.853. The van der Waals surface area contributed by atoms with Gasteiger partial charge in [0.15, 0.2) is 16.8 Å². The first-order valence-electron chi connectivity index (χ1n) is 8.81. The summed E-state index contributed by atoms with van der Waals surface area (Å²) < 4.78 is 1.92. The van der Waals surface area contributed by atoms with E-state index in [0.29, 0.717) is 26.6 Å². The Hall–Kier alpha value is -2.60. The van der Waals surface area contributed by atoms with E-state index in [1.165, 1.54) is 11.8 Å². The van der Waals surface area contributed by atoms with E-state index < -0.39 is 0 Å². The Morgan fingerprint density at radius 3 is 2.28 bits per heavy atom. The van der Waals surface area contributed by atoms with Gasteiger partial charge in [-0.1, -0.05) is 65.3 Å². The minimum Gasteiger partial charge on any atom is -0.293 e. The first-order valence-corrected chi connectivity index (χ1v) is 10.5. The average molecular weight is 440 g/mol. The van der Waals surface area contributed by atoms with Gasteiger partial charge in [-0.15, -0.1) is 10.2 Å². The van der Waals surface area contributed by atoms with Crippen LogP contribution in [-0.2, 0) is 0 Å². The Bertz CT molecular complexity index is 1140. The molecule has 29 heavy (non-hydrogen) atoms. The number of carbonyl (C=O) groups is 1. The standard InChI is InChI=1S/C22H15Cl2N3OS/c23-16-12-10-15(11-13-16)20(28)14-29-22-26-25-21(18-8-4-5-9-19(18)24)27(22)17-6-2-1-3-7-17/h1-13H,14H2. The fraction of sp³-hybridized carbons (Fsp3) is 0.0455. The van der Waals surface area contributed by atoms with Crippen molar-refractivity contribution in [2.24, 2.45) is 0 Å². The number of aromatic nitrogens is 3. The lowest BCUT2D eigenvalue weighted by Crippen LogP contribution is -2.05. The lowest BCUT2D eigenvalue weighted by molar-refractivity contribution is 0.102. The lowest BCUT2D eigenvalue weighted by Gasteiger charge is -2.11. The van der Waals surface area contributed by atoms with Crippen LogP contribution in [0.3, 0.4) is 0 Å². The van der Waals surface area contributed by atoms with E-state index in [1.807, 2.05) is 59.2 Å². The molecule has 0 unspecified atom stereocenters. The third-order valence-electron chi connectivity index (χ3n) is 4.26. The SMILES string of the molecule is O=C(CSc1nnc(-c2ccccc2Cl)n1-c1ccccc1)c1ccc(Cl)cc1. The third-order valence-corrected chi connectivity index (χ3v) is 5.77. The van der Waals surface area contributed by atoms with Crippen LogP contribution in [0.15, 0.2) is 84.0 Å². The number of hydrogen-bond acceptors (Lipinski definition) is 4. The molecule has 0 radical (unpaired) electrons. The van der Waals surface area contributed by atoms with Crippen LogP contribution < -0.4 is 0 Å². The molecule has 0 saturated carbocycles. The Balaban J connectivity index is 1.68. The maximum atomic E-state index is 12.6. The van der Waals surface area contributed by atoms with Crippen LogP contribution >= 0.6 is 35.0 Å². The zero-order valence-corrected chi connectivity index (χ0v) is 17.5. The molecule has 0 N–H and O–H groups in total.